The van der Waals surface area contributed by atoms with Gasteiger partial charge >= 0.3 is 0 Å². The SMILES string of the molecule is CCNC(=O)c1cccc(NC(=O)c2ccc(C)c(I)c2)c1. The van der Waals surface area contributed by atoms with Gasteiger partial charge in [-0.05, 0) is 72.3 Å². The zero-order chi connectivity index (χ0) is 16.1. The van der Waals surface area contributed by atoms with Crippen LogP contribution >= 0.6 is 22.6 Å². The van der Waals surface area contributed by atoms with Gasteiger partial charge in [0.15, 0.2) is 0 Å². The van der Waals surface area contributed by atoms with Gasteiger partial charge in [0.1, 0.15) is 0 Å². The van der Waals surface area contributed by atoms with Crippen LogP contribution in [-0.2, 0) is 0 Å². The summed E-state index contributed by atoms with van der Waals surface area (Å²) in [5, 5.41) is 5.56. The van der Waals surface area contributed by atoms with Gasteiger partial charge in [0.25, 0.3) is 11.8 Å². The molecule has 2 amide bonds. The van der Waals surface area contributed by atoms with Crippen molar-refractivity contribution in [1.82, 2.24) is 5.32 Å². The quantitative estimate of drug-likeness (QED) is 0.760. The molecule has 22 heavy (non-hydrogen) atoms. The fraction of sp³-hybridized carbons (Fsp3) is 0.176. The van der Waals surface area contributed by atoms with Gasteiger partial charge in [-0.3, -0.25) is 9.59 Å². The van der Waals surface area contributed by atoms with Crippen LogP contribution in [0.25, 0.3) is 0 Å². The van der Waals surface area contributed by atoms with E-state index in [9.17, 15) is 9.59 Å². The average molecular weight is 408 g/mol. The number of anilines is 1. The van der Waals surface area contributed by atoms with E-state index in [4.69, 9.17) is 0 Å². The van der Waals surface area contributed by atoms with E-state index in [-0.39, 0.29) is 11.8 Å². The monoisotopic (exact) mass is 408 g/mol. The number of carbonyl (C=O) groups is 2. The third kappa shape index (κ3) is 4.07. The lowest BCUT2D eigenvalue weighted by molar-refractivity contribution is 0.0954. The summed E-state index contributed by atoms with van der Waals surface area (Å²) in [4.78, 5) is 24.1. The molecule has 0 aromatic heterocycles. The lowest BCUT2D eigenvalue weighted by atomic mass is 10.1. The normalized spacial score (nSPS) is 10.1. The number of nitrogens with one attached hydrogen (secondary N) is 2. The Bertz CT molecular complexity index is 714. The standard InChI is InChI=1S/C17H17IN2O2/c1-3-19-16(21)12-5-4-6-14(9-12)20-17(22)13-8-7-11(2)15(18)10-13/h4-10H,3H2,1-2H3,(H,19,21)(H,20,22). The second-order valence-electron chi connectivity index (χ2n) is 4.86. The minimum atomic E-state index is -0.189. The second-order valence-corrected chi connectivity index (χ2v) is 6.02. The minimum absolute atomic E-state index is 0.150. The van der Waals surface area contributed by atoms with Crippen LogP contribution in [0.4, 0.5) is 5.69 Å². The first-order valence-corrected chi connectivity index (χ1v) is 8.05. The summed E-state index contributed by atoms with van der Waals surface area (Å²) in [6, 6.07) is 12.5. The molecule has 0 heterocycles. The Labute approximate surface area is 143 Å². The fourth-order valence-corrected chi connectivity index (χ4v) is 2.45. The molecule has 2 rings (SSSR count). The maximum Gasteiger partial charge on any atom is 0.255 e. The van der Waals surface area contributed by atoms with Gasteiger partial charge < -0.3 is 10.6 Å². The molecular weight excluding hydrogens is 391 g/mol. The molecule has 114 valence electrons. The van der Waals surface area contributed by atoms with Gasteiger partial charge in [0.2, 0.25) is 0 Å². The third-order valence-corrected chi connectivity index (χ3v) is 4.32. The number of hydrogen-bond donors (Lipinski definition) is 2. The average Bonchev–Trinajstić information content (AvgIpc) is 2.50. The minimum Gasteiger partial charge on any atom is -0.352 e. The molecule has 0 saturated carbocycles. The molecule has 0 atom stereocenters. The Morgan fingerprint density at radius 1 is 1.05 bits per heavy atom. The van der Waals surface area contributed by atoms with Crippen LogP contribution in [0.2, 0.25) is 0 Å². The number of carbonyl (C=O) groups excluding carboxylic acids is 2. The zero-order valence-electron chi connectivity index (χ0n) is 12.4. The number of amides is 2. The molecule has 2 N–H and O–H groups in total. The predicted octanol–water partition coefficient (Wildman–Crippen LogP) is 3.60. The van der Waals surface area contributed by atoms with E-state index in [0.717, 1.165) is 9.13 Å². The van der Waals surface area contributed by atoms with E-state index in [1.807, 2.05) is 26.0 Å². The number of hydrogen-bond acceptors (Lipinski definition) is 2. The molecule has 0 spiro atoms. The smallest absolute Gasteiger partial charge is 0.255 e. The van der Waals surface area contributed by atoms with Gasteiger partial charge in [0.05, 0.1) is 0 Å². The van der Waals surface area contributed by atoms with Crippen LogP contribution in [0.5, 0.6) is 0 Å². The van der Waals surface area contributed by atoms with Gasteiger partial charge in [-0.2, -0.15) is 0 Å². The van der Waals surface area contributed by atoms with Crippen LogP contribution < -0.4 is 10.6 Å². The molecule has 0 saturated heterocycles. The third-order valence-electron chi connectivity index (χ3n) is 3.15. The molecule has 0 unspecified atom stereocenters. The van der Waals surface area contributed by atoms with Crippen LogP contribution in [0.15, 0.2) is 42.5 Å². The molecule has 4 nitrogen and oxygen atoms in total. The summed E-state index contributed by atoms with van der Waals surface area (Å²) < 4.78 is 1.04. The van der Waals surface area contributed by atoms with Crippen LogP contribution in [-0.4, -0.2) is 18.4 Å². The summed E-state index contributed by atoms with van der Waals surface area (Å²) in [5.74, 6) is -0.338. The van der Waals surface area contributed by atoms with E-state index in [1.165, 1.54) is 0 Å². The number of halogens is 1. The molecule has 0 aliphatic rings. The number of rotatable bonds is 4. The van der Waals surface area contributed by atoms with E-state index < -0.39 is 0 Å². The van der Waals surface area contributed by atoms with Crippen molar-refractivity contribution < 1.29 is 9.59 Å². The number of benzene rings is 2. The zero-order valence-corrected chi connectivity index (χ0v) is 14.6. The molecule has 5 heteroatoms. The highest BCUT2D eigenvalue weighted by Gasteiger charge is 2.09. The molecule has 2 aromatic carbocycles. The topological polar surface area (TPSA) is 58.2 Å². The summed E-state index contributed by atoms with van der Waals surface area (Å²) in [5.41, 5.74) is 2.86. The highest BCUT2D eigenvalue weighted by Crippen LogP contribution is 2.16. The Morgan fingerprint density at radius 2 is 1.77 bits per heavy atom. The molecular formula is C17H17IN2O2. The van der Waals surface area contributed by atoms with Gasteiger partial charge in [-0.1, -0.05) is 12.1 Å². The highest BCUT2D eigenvalue weighted by molar-refractivity contribution is 14.1. The molecule has 0 radical (unpaired) electrons. The molecule has 2 aromatic rings. The van der Waals surface area contributed by atoms with Crippen molar-refractivity contribution >= 4 is 40.1 Å². The lowest BCUT2D eigenvalue weighted by Crippen LogP contribution is -2.22. The Kier molecular flexibility index (Phi) is 5.54. The van der Waals surface area contributed by atoms with Gasteiger partial charge in [-0.25, -0.2) is 0 Å². The van der Waals surface area contributed by atoms with E-state index in [2.05, 4.69) is 33.2 Å². The van der Waals surface area contributed by atoms with Crippen molar-refractivity contribution in [3.8, 4) is 0 Å². The Balaban J connectivity index is 2.16. The van der Waals surface area contributed by atoms with Gasteiger partial charge in [-0.15, -0.1) is 0 Å². The maximum atomic E-state index is 12.3. The first-order valence-electron chi connectivity index (χ1n) is 6.97. The summed E-state index contributed by atoms with van der Waals surface area (Å²) in [6.07, 6.45) is 0. The van der Waals surface area contributed by atoms with Crippen LogP contribution in [0, 0.1) is 10.5 Å². The molecule has 0 bridgehead atoms. The lowest BCUT2D eigenvalue weighted by Gasteiger charge is -2.08. The van der Waals surface area contributed by atoms with Gasteiger partial charge in [0, 0.05) is 26.9 Å². The number of aryl methyl sites for hydroxylation is 1. The van der Waals surface area contributed by atoms with Crippen molar-refractivity contribution in [2.24, 2.45) is 0 Å². The predicted molar refractivity (Wildman–Crippen MR) is 96.3 cm³/mol. The maximum absolute atomic E-state index is 12.3. The first-order chi connectivity index (χ1) is 10.5. The summed E-state index contributed by atoms with van der Waals surface area (Å²) >= 11 is 2.20. The van der Waals surface area contributed by atoms with E-state index >= 15 is 0 Å². The van der Waals surface area contributed by atoms with Crippen molar-refractivity contribution in [3.05, 3.63) is 62.7 Å². The largest absolute Gasteiger partial charge is 0.352 e. The van der Waals surface area contributed by atoms with Crippen molar-refractivity contribution in [1.29, 1.82) is 0 Å². The van der Waals surface area contributed by atoms with E-state index in [0.29, 0.717) is 23.4 Å². The summed E-state index contributed by atoms with van der Waals surface area (Å²) in [6.45, 7) is 4.43. The first kappa shape index (κ1) is 16.5. The highest BCUT2D eigenvalue weighted by atomic mass is 127. The Morgan fingerprint density at radius 3 is 2.45 bits per heavy atom. The molecule has 0 fully saturated rings. The summed E-state index contributed by atoms with van der Waals surface area (Å²) in [7, 11) is 0. The van der Waals surface area contributed by atoms with Crippen molar-refractivity contribution in [3.63, 3.8) is 0 Å². The van der Waals surface area contributed by atoms with Crippen molar-refractivity contribution in [2.75, 3.05) is 11.9 Å². The van der Waals surface area contributed by atoms with Crippen LogP contribution in [0.3, 0.4) is 0 Å². The molecule has 0 aliphatic carbocycles. The fourth-order valence-electron chi connectivity index (χ4n) is 1.94. The van der Waals surface area contributed by atoms with Crippen molar-refractivity contribution in [2.45, 2.75) is 13.8 Å². The van der Waals surface area contributed by atoms with E-state index in [1.54, 1.807) is 30.3 Å². The molecule has 0 aliphatic heterocycles. The Hall–Kier alpha value is -1.89. The van der Waals surface area contributed by atoms with Crippen LogP contribution in [0.1, 0.15) is 33.2 Å². The second kappa shape index (κ2) is 7.40.